The molecule has 0 aliphatic heterocycles. The monoisotopic (exact) mass is 322 g/mol. The summed E-state index contributed by atoms with van der Waals surface area (Å²) in [6.45, 7) is 1.81. The van der Waals surface area contributed by atoms with Crippen LogP contribution in [0, 0.1) is 16.0 Å². The maximum absolute atomic E-state index is 11.0. The summed E-state index contributed by atoms with van der Waals surface area (Å²) in [4.78, 5) is 10.3. The molecule has 112 valence electrons. The summed E-state index contributed by atoms with van der Waals surface area (Å²) >= 11 is 5.68. The van der Waals surface area contributed by atoms with Gasteiger partial charge < -0.3 is 4.74 Å². The maximum Gasteiger partial charge on any atom is 0.312 e. The molecule has 20 heavy (non-hydrogen) atoms. The largest absolute Gasteiger partial charge is 0.486 e. The lowest BCUT2D eigenvalue weighted by Crippen LogP contribution is -2.26. The molecule has 0 saturated heterocycles. The van der Waals surface area contributed by atoms with Gasteiger partial charge in [0.1, 0.15) is 0 Å². The van der Waals surface area contributed by atoms with E-state index in [0.717, 1.165) is 0 Å². The van der Waals surface area contributed by atoms with Gasteiger partial charge in [0.05, 0.1) is 17.3 Å². The lowest BCUT2D eigenvalue weighted by molar-refractivity contribution is -0.385. The van der Waals surface area contributed by atoms with Crippen molar-refractivity contribution in [1.29, 1.82) is 0 Å². The summed E-state index contributed by atoms with van der Waals surface area (Å²) in [5, 5.41) is 16.1. The highest BCUT2D eigenvalue weighted by Gasteiger charge is 2.19. The van der Waals surface area contributed by atoms with Gasteiger partial charge in [-0.15, -0.1) is 0 Å². The number of hydrogen-bond acceptors (Lipinski definition) is 5. The van der Waals surface area contributed by atoms with Gasteiger partial charge in [-0.05, 0) is 18.6 Å². The van der Waals surface area contributed by atoms with Crippen LogP contribution in [0.5, 0.6) is 5.75 Å². The molecule has 1 aromatic carbocycles. The summed E-state index contributed by atoms with van der Waals surface area (Å²) in [5.41, 5.74) is -0.261. The molecular formula is C11H15ClN2O5S. The number of nitro groups is 1. The van der Waals surface area contributed by atoms with Crippen molar-refractivity contribution < 1.29 is 18.1 Å². The van der Waals surface area contributed by atoms with Crippen LogP contribution in [0.2, 0.25) is 5.02 Å². The van der Waals surface area contributed by atoms with Crippen molar-refractivity contribution in [2.45, 2.75) is 13.3 Å². The Hall–Kier alpha value is -1.38. The minimum absolute atomic E-state index is 0.0232. The molecule has 9 heteroatoms. The molecule has 2 N–H and O–H groups in total. The standard InChI is InChI=1S/C11H15ClN2O5S/c1-2-8(7-20(13,17)18)6-19-11-4-3-9(12)5-10(11)14(15)16/h3-5,8H,2,6-7H2,1H3,(H2,13,17,18). The fraction of sp³-hybridized carbons (Fsp3) is 0.455. The van der Waals surface area contributed by atoms with Crippen molar-refractivity contribution in [2.24, 2.45) is 11.1 Å². The molecule has 0 fully saturated rings. The summed E-state index contributed by atoms with van der Waals surface area (Å²) in [6, 6.07) is 4.02. The number of nitrogens with two attached hydrogens (primary N) is 1. The van der Waals surface area contributed by atoms with Crippen molar-refractivity contribution in [3.05, 3.63) is 33.3 Å². The second-order valence-corrected chi connectivity index (χ2v) is 6.38. The molecule has 1 unspecified atom stereocenters. The zero-order valence-electron chi connectivity index (χ0n) is 10.8. The number of nitrogens with zero attached hydrogens (tertiary/aromatic N) is 1. The van der Waals surface area contributed by atoms with Gasteiger partial charge in [-0.2, -0.15) is 0 Å². The first-order valence-electron chi connectivity index (χ1n) is 5.80. The van der Waals surface area contributed by atoms with E-state index in [0.29, 0.717) is 6.42 Å². The fourth-order valence-electron chi connectivity index (χ4n) is 1.58. The molecule has 0 bridgehead atoms. The Kier molecular flexibility index (Phi) is 5.73. The highest BCUT2D eigenvalue weighted by molar-refractivity contribution is 7.89. The Labute approximate surface area is 121 Å². The molecule has 0 heterocycles. The lowest BCUT2D eigenvalue weighted by Gasteiger charge is -2.14. The number of nitro benzene ring substituents is 1. The lowest BCUT2D eigenvalue weighted by atomic mass is 10.1. The number of ether oxygens (including phenoxy) is 1. The van der Waals surface area contributed by atoms with Crippen LogP contribution >= 0.6 is 11.6 Å². The zero-order chi connectivity index (χ0) is 15.3. The minimum atomic E-state index is -3.61. The van der Waals surface area contributed by atoms with Crippen LogP contribution in [-0.4, -0.2) is 25.7 Å². The van der Waals surface area contributed by atoms with Gasteiger partial charge in [-0.25, -0.2) is 13.6 Å². The van der Waals surface area contributed by atoms with Crippen molar-refractivity contribution in [1.82, 2.24) is 0 Å². The number of hydrogen-bond donors (Lipinski definition) is 1. The molecule has 1 aromatic rings. The first-order valence-corrected chi connectivity index (χ1v) is 7.89. The SMILES string of the molecule is CCC(COc1ccc(Cl)cc1[N+](=O)[O-])CS(N)(=O)=O. The average molecular weight is 323 g/mol. The Morgan fingerprint density at radius 1 is 1.50 bits per heavy atom. The van der Waals surface area contributed by atoms with E-state index in [2.05, 4.69) is 0 Å². The van der Waals surface area contributed by atoms with E-state index in [4.69, 9.17) is 21.5 Å². The summed E-state index contributed by atoms with van der Waals surface area (Å²) < 4.78 is 27.4. The number of rotatable bonds is 7. The third-order valence-electron chi connectivity index (χ3n) is 2.64. The second-order valence-electron chi connectivity index (χ2n) is 4.28. The Morgan fingerprint density at radius 3 is 2.65 bits per heavy atom. The number of sulfonamides is 1. The van der Waals surface area contributed by atoms with Crippen LogP contribution in [0.3, 0.4) is 0 Å². The van der Waals surface area contributed by atoms with Gasteiger partial charge in [-0.1, -0.05) is 18.5 Å². The van der Waals surface area contributed by atoms with E-state index in [1.54, 1.807) is 6.92 Å². The van der Waals surface area contributed by atoms with Crippen molar-refractivity contribution in [3.8, 4) is 5.75 Å². The third kappa shape index (κ3) is 5.32. The molecule has 0 spiro atoms. The van der Waals surface area contributed by atoms with Crippen molar-refractivity contribution in [3.63, 3.8) is 0 Å². The quantitative estimate of drug-likeness (QED) is 0.609. The van der Waals surface area contributed by atoms with Gasteiger partial charge in [-0.3, -0.25) is 10.1 Å². The van der Waals surface area contributed by atoms with Gasteiger partial charge in [0, 0.05) is 17.0 Å². The first kappa shape index (κ1) is 16.7. The fourth-order valence-corrected chi connectivity index (χ4v) is 2.73. The molecule has 0 aliphatic rings. The van der Waals surface area contributed by atoms with Gasteiger partial charge in [0.25, 0.3) is 0 Å². The van der Waals surface area contributed by atoms with Gasteiger partial charge in [0.15, 0.2) is 5.75 Å². The average Bonchev–Trinajstić information content (AvgIpc) is 2.33. The number of primary sulfonamides is 1. The zero-order valence-corrected chi connectivity index (χ0v) is 12.4. The molecule has 0 saturated carbocycles. The predicted octanol–water partition coefficient (Wildman–Crippen LogP) is 1.94. The summed E-state index contributed by atoms with van der Waals surface area (Å²) in [5.74, 6) is -0.516. The van der Waals surface area contributed by atoms with Crippen molar-refractivity contribution in [2.75, 3.05) is 12.4 Å². The third-order valence-corrected chi connectivity index (χ3v) is 3.81. The molecule has 1 rings (SSSR count). The first-order chi connectivity index (χ1) is 9.23. The normalized spacial score (nSPS) is 12.9. The molecule has 0 radical (unpaired) electrons. The van der Waals surface area contributed by atoms with Crippen LogP contribution in [0.4, 0.5) is 5.69 Å². The molecular weight excluding hydrogens is 308 g/mol. The highest BCUT2D eigenvalue weighted by atomic mass is 35.5. The molecule has 7 nitrogen and oxygen atoms in total. The van der Waals surface area contributed by atoms with Gasteiger partial charge in [0.2, 0.25) is 10.0 Å². The Morgan fingerprint density at radius 2 is 2.15 bits per heavy atom. The Balaban J connectivity index is 2.81. The van der Waals surface area contributed by atoms with Gasteiger partial charge >= 0.3 is 5.69 Å². The highest BCUT2D eigenvalue weighted by Crippen LogP contribution is 2.30. The molecule has 0 aromatic heterocycles. The van der Waals surface area contributed by atoms with E-state index in [-0.39, 0.29) is 34.7 Å². The Bertz CT molecular complexity index is 590. The minimum Gasteiger partial charge on any atom is -0.486 e. The van der Waals surface area contributed by atoms with E-state index >= 15 is 0 Å². The second kappa shape index (κ2) is 6.87. The van der Waals surface area contributed by atoms with E-state index in [9.17, 15) is 18.5 Å². The van der Waals surface area contributed by atoms with Crippen LogP contribution < -0.4 is 9.88 Å². The van der Waals surface area contributed by atoms with Crippen LogP contribution in [0.15, 0.2) is 18.2 Å². The number of benzene rings is 1. The number of halogens is 1. The van der Waals surface area contributed by atoms with Crippen LogP contribution in [0.1, 0.15) is 13.3 Å². The smallest absolute Gasteiger partial charge is 0.312 e. The van der Waals surface area contributed by atoms with E-state index in [1.807, 2.05) is 0 Å². The molecule has 0 amide bonds. The van der Waals surface area contributed by atoms with Crippen molar-refractivity contribution >= 4 is 27.3 Å². The van der Waals surface area contributed by atoms with Crippen LogP contribution in [0.25, 0.3) is 0 Å². The van der Waals surface area contributed by atoms with E-state index < -0.39 is 14.9 Å². The topological polar surface area (TPSA) is 113 Å². The summed E-state index contributed by atoms with van der Waals surface area (Å²) in [6.07, 6.45) is 0.526. The maximum atomic E-state index is 11.0. The molecule has 1 atom stereocenters. The predicted molar refractivity (Wildman–Crippen MR) is 75.4 cm³/mol. The van der Waals surface area contributed by atoms with E-state index in [1.165, 1.54) is 18.2 Å². The summed E-state index contributed by atoms with van der Waals surface area (Å²) in [7, 11) is -3.61. The van der Waals surface area contributed by atoms with Crippen LogP contribution in [-0.2, 0) is 10.0 Å². The molecule has 0 aliphatic carbocycles.